The summed E-state index contributed by atoms with van der Waals surface area (Å²) in [5.41, 5.74) is 4.71. The molecule has 1 aromatic carbocycles. The SMILES string of the molecule is COCc1nn(Cc2ccc(Cn3cc(F)cn3)cc2)cc1C(=O)NCc1cnc2[nH]cc(Cl)cc1-2. The summed E-state index contributed by atoms with van der Waals surface area (Å²) in [6, 6.07) is 9.69. The average Bonchev–Trinajstić information content (AvgIpc) is 3.57. The van der Waals surface area contributed by atoms with E-state index >= 15 is 0 Å². The molecule has 0 saturated carbocycles. The van der Waals surface area contributed by atoms with Crippen molar-refractivity contribution in [2.75, 3.05) is 7.11 Å². The van der Waals surface area contributed by atoms with Gasteiger partial charge in [0.2, 0.25) is 0 Å². The summed E-state index contributed by atoms with van der Waals surface area (Å²) >= 11 is 6.09. The van der Waals surface area contributed by atoms with E-state index in [0.29, 0.717) is 41.7 Å². The molecular formula is C25H23ClFN7O2. The summed E-state index contributed by atoms with van der Waals surface area (Å²) in [5.74, 6) is 0.0921. The first-order valence-corrected chi connectivity index (χ1v) is 11.6. The number of carbonyl (C=O) groups is 1. The van der Waals surface area contributed by atoms with Gasteiger partial charge in [0.25, 0.3) is 5.91 Å². The van der Waals surface area contributed by atoms with Crippen molar-refractivity contribution in [3.8, 4) is 11.4 Å². The number of benzene rings is 1. The summed E-state index contributed by atoms with van der Waals surface area (Å²) in [4.78, 5) is 20.4. The zero-order chi connectivity index (χ0) is 25.1. The molecule has 0 saturated heterocycles. The van der Waals surface area contributed by atoms with Crippen molar-refractivity contribution in [2.24, 2.45) is 0 Å². The van der Waals surface area contributed by atoms with Crippen molar-refractivity contribution in [1.82, 2.24) is 34.8 Å². The first-order chi connectivity index (χ1) is 17.5. The van der Waals surface area contributed by atoms with E-state index in [0.717, 1.165) is 22.3 Å². The van der Waals surface area contributed by atoms with Crippen molar-refractivity contribution in [1.29, 1.82) is 0 Å². The Morgan fingerprint density at radius 2 is 1.89 bits per heavy atom. The summed E-state index contributed by atoms with van der Waals surface area (Å²) in [5, 5.41) is 12.0. The van der Waals surface area contributed by atoms with Gasteiger partial charge in [-0.2, -0.15) is 10.2 Å². The van der Waals surface area contributed by atoms with E-state index in [1.807, 2.05) is 30.3 Å². The van der Waals surface area contributed by atoms with Gasteiger partial charge in [-0.05, 0) is 17.2 Å². The van der Waals surface area contributed by atoms with Crippen LogP contribution in [0.2, 0.25) is 5.02 Å². The number of rotatable bonds is 9. The number of amides is 1. The fourth-order valence-electron chi connectivity index (χ4n) is 3.96. The van der Waals surface area contributed by atoms with Crippen LogP contribution in [0.25, 0.3) is 11.4 Å². The lowest BCUT2D eigenvalue weighted by Crippen LogP contribution is -2.23. The highest BCUT2D eigenvalue weighted by Crippen LogP contribution is 2.26. The number of pyridine rings is 1. The Morgan fingerprint density at radius 3 is 2.58 bits per heavy atom. The molecule has 1 amide bonds. The van der Waals surface area contributed by atoms with Crippen LogP contribution in [0.5, 0.6) is 0 Å². The first-order valence-electron chi connectivity index (χ1n) is 11.2. The van der Waals surface area contributed by atoms with Crippen LogP contribution in [0.15, 0.2) is 61.3 Å². The third-order valence-corrected chi connectivity index (χ3v) is 5.91. The average molecular weight is 508 g/mol. The molecule has 2 aliphatic heterocycles. The van der Waals surface area contributed by atoms with Crippen molar-refractivity contribution in [3.05, 3.63) is 100 Å². The van der Waals surface area contributed by atoms with Crippen LogP contribution in [0.3, 0.4) is 0 Å². The minimum atomic E-state index is -0.361. The summed E-state index contributed by atoms with van der Waals surface area (Å²) in [6.45, 7) is 1.46. The van der Waals surface area contributed by atoms with Crippen LogP contribution in [0.4, 0.5) is 4.39 Å². The van der Waals surface area contributed by atoms with Gasteiger partial charge in [-0.15, -0.1) is 0 Å². The standard InChI is InChI=1S/C25H23ClFN7O2/c1-36-15-23-22(25(35)30-8-18-7-28-24-21(18)6-19(26)9-29-24)14-34(32-23)12-17-4-2-16(3-5-17)11-33-13-20(27)10-31-33/h2-7,9-10,13-14H,8,11-12,15H2,1H3,(H,28,29)(H,30,35). The third-order valence-electron chi connectivity index (χ3n) is 5.70. The van der Waals surface area contributed by atoms with Crippen LogP contribution < -0.4 is 5.32 Å². The number of methoxy groups -OCH3 is 1. The Balaban J connectivity index is 1.26. The molecule has 3 aromatic rings. The number of ether oxygens (including phenoxy) is 1. The van der Waals surface area contributed by atoms with Crippen LogP contribution in [0, 0.1) is 5.82 Å². The molecular weight excluding hydrogens is 485 g/mol. The maximum atomic E-state index is 13.1. The van der Waals surface area contributed by atoms with E-state index in [-0.39, 0.29) is 18.3 Å². The van der Waals surface area contributed by atoms with Gasteiger partial charge in [0, 0.05) is 43.4 Å². The zero-order valence-corrected chi connectivity index (χ0v) is 20.2. The van der Waals surface area contributed by atoms with Crippen molar-refractivity contribution < 1.29 is 13.9 Å². The van der Waals surface area contributed by atoms with E-state index in [2.05, 4.69) is 25.5 Å². The lowest BCUT2D eigenvalue weighted by Gasteiger charge is -2.06. The molecule has 0 unspecified atom stereocenters. The third kappa shape index (κ3) is 5.29. The number of aromatic amines is 1. The molecule has 0 radical (unpaired) electrons. The number of H-pyrrole nitrogens is 1. The van der Waals surface area contributed by atoms with E-state index < -0.39 is 0 Å². The van der Waals surface area contributed by atoms with Crippen LogP contribution in [0.1, 0.15) is 32.7 Å². The molecule has 0 fully saturated rings. The lowest BCUT2D eigenvalue weighted by molar-refractivity contribution is 0.0946. The van der Waals surface area contributed by atoms with Gasteiger partial charge in [0.05, 0.1) is 42.7 Å². The van der Waals surface area contributed by atoms with Gasteiger partial charge in [-0.25, -0.2) is 9.37 Å². The Labute approximate surface area is 211 Å². The number of carbonyl (C=O) groups excluding carboxylic acids is 1. The molecule has 11 heteroatoms. The van der Waals surface area contributed by atoms with E-state index in [9.17, 15) is 9.18 Å². The van der Waals surface area contributed by atoms with Crippen molar-refractivity contribution >= 4 is 17.5 Å². The number of nitrogens with one attached hydrogen (secondary N) is 2. The normalized spacial score (nSPS) is 11.3. The fraction of sp³-hybridized carbons (Fsp3) is 0.200. The molecule has 184 valence electrons. The number of halogens is 2. The minimum absolute atomic E-state index is 0.209. The Morgan fingerprint density at radius 1 is 1.14 bits per heavy atom. The molecule has 0 atom stereocenters. The summed E-state index contributed by atoms with van der Waals surface area (Å²) in [6.07, 6.45) is 7.63. The molecule has 0 spiro atoms. The fourth-order valence-corrected chi connectivity index (χ4v) is 4.13. The Kier molecular flexibility index (Phi) is 6.79. The highest BCUT2D eigenvalue weighted by atomic mass is 35.5. The molecule has 2 N–H and O–H groups in total. The predicted molar refractivity (Wildman–Crippen MR) is 131 cm³/mol. The molecule has 0 bridgehead atoms. The molecule has 0 aliphatic carbocycles. The van der Waals surface area contributed by atoms with Gasteiger partial charge < -0.3 is 15.0 Å². The van der Waals surface area contributed by atoms with Gasteiger partial charge in [0.1, 0.15) is 11.5 Å². The van der Waals surface area contributed by atoms with E-state index in [1.54, 1.807) is 35.1 Å². The molecule has 2 aliphatic rings. The van der Waals surface area contributed by atoms with Gasteiger partial charge >= 0.3 is 0 Å². The number of hydrogen-bond acceptors (Lipinski definition) is 5. The zero-order valence-electron chi connectivity index (χ0n) is 19.4. The van der Waals surface area contributed by atoms with E-state index in [1.165, 1.54) is 12.4 Å². The number of aromatic nitrogens is 6. The second-order valence-corrected chi connectivity index (χ2v) is 8.78. The summed E-state index contributed by atoms with van der Waals surface area (Å²) < 4.78 is 21.7. The van der Waals surface area contributed by atoms with E-state index in [4.69, 9.17) is 16.3 Å². The highest BCUT2D eigenvalue weighted by molar-refractivity contribution is 6.30. The number of hydrogen-bond donors (Lipinski definition) is 2. The maximum absolute atomic E-state index is 13.1. The molecule has 4 heterocycles. The smallest absolute Gasteiger partial charge is 0.255 e. The first kappa shape index (κ1) is 23.7. The number of fused-ring (bicyclic) bond motifs is 1. The number of nitrogens with zero attached hydrogens (tertiary/aromatic N) is 5. The topological polar surface area (TPSA) is 103 Å². The van der Waals surface area contributed by atoms with Gasteiger partial charge in [-0.1, -0.05) is 35.9 Å². The van der Waals surface area contributed by atoms with Crippen molar-refractivity contribution in [2.45, 2.75) is 26.2 Å². The largest absolute Gasteiger partial charge is 0.378 e. The second-order valence-electron chi connectivity index (χ2n) is 8.34. The van der Waals surface area contributed by atoms with Gasteiger partial charge in [0.15, 0.2) is 5.82 Å². The van der Waals surface area contributed by atoms with Gasteiger partial charge in [-0.3, -0.25) is 14.2 Å². The maximum Gasteiger partial charge on any atom is 0.255 e. The monoisotopic (exact) mass is 507 g/mol. The molecule has 36 heavy (non-hydrogen) atoms. The van der Waals surface area contributed by atoms with Crippen LogP contribution in [-0.4, -0.2) is 42.5 Å². The summed E-state index contributed by atoms with van der Waals surface area (Å²) in [7, 11) is 1.56. The van der Waals surface area contributed by atoms with Crippen LogP contribution >= 0.6 is 11.6 Å². The molecule has 2 aromatic heterocycles. The Bertz CT molecular complexity index is 1460. The van der Waals surface area contributed by atoms with Crippen LogP contribution in [-0.2, 0) is 31.0 Å². The molecule has 9 nitrogen and oxygen atoms in total. The second kappa shape index (κ2) is 10.3. The highest BCUT2D eigenvalue weighted by Gasteiger charge is 2.18. The van der Waals surface area contributed by atoms with Crippen molar-refractivity contribution in [3.63, 3.8) is 0 Å². The quantitative estimate of drug-likeness (QED) is 0.315. The minimum Gasteiger partial charge on any atom is -0.378 e. The Hall–Kier alpha value is -4.02. The lowest BCUT2D eigenvalue weighted by atomic mass is 10.1. The predicted octanol–water partition coefficient (Wildman–Crippen LogP) is 3.87. The molecule has 5 rings (SSSR count).